The molecule has 2 fully saturated rings. The number of anilines is 1. The molecule has 2 bridgehead atoms. The molecule has 2 nitrogen and oxygen atoms in total. The van der Waals surface area contributed by atoms with Crippen LogP contribution in [-0.4, -0.2) is 17.9 Å². The standard InChI is InChI=1S/C13H13Cl2NO/c14-11-2-1-3-12(13(11)15)16-8-4-5-9(16)7-10(17)6-8/h1-3,8-9H,4-7H2. The van der Waals surface area contributed by atoms with Crippen molar-refractivity contribution in [2.45, 2.75) is 37.8 Å². The lowest BCUT2D eigenvalue weighted by Gasteiger charge is -2.36. The summed E-state index contributed by atoms with van der Waals surface area (Å²) in [6.45, 7) is 0. The number of hydrogen-bond acceptors (Lipinski definition) is 2. The van der Waals surface area contributed by atoms with Gasteiger partial charge in [-0.25, -0.2) is 0 Å². The van der Waals surface area contributed by atoms with Gasteiger partial charge in [0.1, 0.15) is 5.78 Å². The molecule has 90 valence electrons. The first-order chi connectivity index (χ1) is 8.16. The fraction of sp³-hybridized carbons (Fsp3) is 0.462. The normalized spacial score (nSPS) is 27.6. The Morgan fingerprint density at radius 2 is 1.76 bits per heavy atom. The van der Waals surface area contributed by atoms with Crippen LogP contribution >= 0.6 is 23.2 Å². The number of nitrogens with zero attached hydrogens (tertiary/aromatic N) is 1. The fourth-order valence-corrected chi connectivity index (χ4v) is 3.45. The van der Waals surface area contributed by atoms with E-state index in [4.69, 9.17) is 23.2 Å². The van der Waals surface area contributed by atoms with Crippen LogP contribution in [0.1, 0.15) is 25.7 Å². The van der Waals surface area contributed by atoms with Crippen molar-refractivity contribution < 1.29 is 4.79 Å². The Labute approximate surface area is 111 Å². The topological polar surface area (TPSA) is 20.3 Å². The first-order valence-corrected chi connectivity index (χ1v) is 6.66. The molecule has 0 radical (unpaired) electrons. The van der Waals surface area contributed by atoms with E-state index in [0.29, 0.717) is 40.8 Å². The SMILES string of the molecule is O=C1CC2CCC(C1)N2c1cccc(Cl)c1Cl. The van der Waals surface area contributed by atoms with Gasteiger partial charge in [0.25, 0.3) is 0 Å². The quantitative estimate of drug-likeness (QED) is 0.775. The minimum Gasteiger partial charge on any atom is -0.363 e. The number of rotatable bonds is 1. The number of carbonyl (C=O) groups excluding carboxylic acids is 1. The van der Waals surface area contributed by atoms with E-state index in [-0.39, 0.29) is 0 Å². The Morgan fingerprint density at radius 1 is 1.12 bits per heavy atom. The summed E-state index contributed by atoms with van der Waals surface area (Å²) in [6.07, 6.45) is 3.47. The monoisotopic (exact) mass is 269 g/mol. The van der Waals surface area contributed by atoms with Crippen molar-refractivity contribution >= 4 is 34.7 Å². The van der Waals surface area contributed by atoms with Crippen molar-refractivity contribution in [2.75, 3.05) is 4.90 Å². The van der Waals surface area contributed by atoms with E-state index in [1.165, 1.54) is 0 Å². The van der Waals surface area contributed by atoms with Crippen LogP contribution in [0.2, 0.25) is 10.0 Å². The van der Waals surface area contributed by atoms with Gasteiger partial charge < -0.3 is 4.90 Å². The number of halogens is 2. The van der Waals surface area contributed by atoms with Gasteiger partial charge in [0.05, 0.1) is 15.7 Å². The zero-order valence-corrected chi connectivity index (χ0v) is 10.8. The smallest absolute Gasteiger partial charge is 0.137 e. The summed E-state index contributed by atoms with van der Waals surface area (Å²) in [6, 6.07) is 6.34. The van der Waals surface area contributed by atoms with Crippen molar-refractivity contribution in [3.63, 3.8) is 0 Å². The maximum absolute atomic E-state index is 11.6. The van der Waals surface area contributed by atoms with Gasteiger partial charge in [-0.05, 0) is 25.0 Å². The number of Topliss-reactive ketones (excluding diaryl/α,β-unsaturated/α-hetero) is 1. The first-order valence-electron chi connectivity index (χ1n) is 5.91. The van der Waals surface area contributed by atoms with Gasteiger partial charge in [0.2, 0.25) is 0 Å². The van der Waals surface area contributed by atoms with Gasteiger partial charge >= 0.3 is 0 Å². The molecule has 0 aliphatic carbocycles. The predicted octanol–water partition coefficient (Wildman–Crippen LogP) is 3.69. The molecule has 4 heteroatoms. The van der Waals surface area contributed by atoms with Crippen LogP contribution in [0.4, 0.5) is 5.69 Å². The van der Waals surface area contributed by atoms with Crippen LogP contribution in [-0.2, 0) is 4.79 Å². The molecule has 0 aromatic heterocycles. The van der Waals surface area contributed by atoms with Crippen molar-refractivity contribution in [1.82, 2.24) is 0 Å². The van der Waals surface area contributed by atoms with Gasteiger partial charge in [0.15, 0.2) is 0 Å². The minimum absolute atomic E-state index is 0.317. The maximum Gasteiger partial charge on any atom is 0.137 e. The third-order valence-electron chi connectivity index (χ3n) is 3.76. The molecule has 0 amide bonds. The Morgan fingerprint density at radius 3 is 2.41 bits per heavy atom. The molecule has 17 heavy (non-hydrogen) atoms. The lowest BCUT2D eigenvalue weighted by molar-refractivity contribution is -0.120. The van der Waals surface area contributed by atoms with Gasteiger partial charge in [-0.1, -0.05) is 29.3 Å². The third-order valence-corrected chi connectivity index (χ3v) is 4.56. The van der Waals surface area contributed by atoms with Crippen LogP contribution in [0.15, 0.2) is 18.2 Å². The zero-order chi connectivity index (χ0) is 12.0. The molecule has 1 aromatic carbocycles. The molecule has 2 aliphatic rings. The first kappa shape index (κ1) is 11.4. The lowest BCUT2D eigenvalue weighted by atomic mass is 10.0. The van der Waals surface area contributed by atoms with Gasteiger partial charge in [0, 0.05) is 24.9 Å². The highest BCUT2D eigenvalue weighted by Crippen LogP contribution is 2.42. The van der Waals surface area contributed by atoms with E-state index >= 15 is 0 Å². The van der Waals surface area contributed by atoms with E-state index in [2.05, 4.69) is 4.90 Å². The predicted molar refractivity (Wildman–Crippen MR) is 70.0 cm³/mol. The number of ketones is 1. The Hall–Kier alpha value is -0.730. The number of piperidine rings is 1. The molecule has 2 atom stereocenters. The van der Waals surface area contributed by atoms with Crippen LogP contribution < -0.4 is 4.90 Å². The third kappa shape index (κ3) is 1.84. The molecule has 2 heterocycles. The van der Waals surface area contributed by atoms with Crippen LogP contribution in [0.3, 0.4) is 0 Å². The Kier molecular flexibility index (Phi) is 2.80. The summed E-state index contributed by atoms with van der Waals surface area (Å²) in [5.41, 5.74) is 0.985. The van der Waals surface area contributed by atoms with E-state index in [0.717, 1.165) is 18.5 Å². The highest BCUT2D eigenvalue weighted by molar-refractivity contribution is 6.43. The zero-order valence-electron chi connectivity index (χ0n) is 9.33. The highest BCUT2D eigenvalue weighted by Gasteiger charge is 2.40. The summed E-state index contributed by atoms with van der Waals surface area (Å²) in [5, 5.41) is 1.20. The summed E-state index contributed by atoms with van der Waals surface area (Å²) in [5.74, 6) is 0.381. The molecule has 2 unspecified atom stereocenters. The molecule has 0 spiro atoms. The largest absolute Gasteiger partial charge is 0.363 e. The number of hydrogen-bond donors (Lipinski definition) is 0. The van der Waals surface area contributed by atoms with E-state index < -0.39 is 0 Å². The van der Waals surface area contributed by atoms with Crippen LogP contribution in [0.5, 0.6) is 0 Å². The van der Waals surface area contributed by atoms with Gasteiger partial charge in [-0.3, -0.25) is 4.79 Å². The average molecular weight is 270 g/mol. The molecular formula is C13H13Cl2NO. The molecular weight excluding hydrogens is 257 g/mol. The number of benzene rings is 1. The van der Waals surface area contributed by atoms with E-state index in [1.54, 1.807) is 6.07 Å². The maximum atomic E-state index is 11.6. The summed E-state index contributed by atoms with van der Waals surface area (Å²) < 4.78 is 0. The Balaban J connectivity index is 2.00. The van der Waals surface area contributed by atoms with Gasteiger partial charge in [-0.15, -0.1) is 0 Å². The van der Waals surface area contributed by atoms with E-state index in [1.807, 2.05) is 12.1 Å². The molecule has 1 aromatic rings. The van der Waals surface area contributed by atoms with Crippen LogP contribution in [0, 0.1) is 0 Å². The van der Waals surface area contributed by atoms with Crippen molar-refractivity contribution in [3.05, 3.63) is 28.2 Å². The van der Waals surface area contributed by atoms with E-state index in [9.17, 15) is 4.79 Å². The van der Waals surface area contributed by atoms with Crippen molar-refractivity contribution in [3.8, 4) is 0 Å². The molecule has 0 saturated carbocycles. The molecule has 3 rings (SSSR count). The highest BCUT2D eigenvalue weighted by atomic mass is 35.5. The average Bonchev–Trinajstić information content (AvgIpc) is 2.55. The molecule has 0 N–H and O–H groups in total. The second-order valence-electron chi connectivity index (χ2n) is 4.81. The van der Waals surface area contributed by atoms with Crippen molar-refractivity contribution in [2.24, 2.45) is 0 Å². The lowest BCUT2D eigenvalue weighted by Crippen LogP contribution is -2.43. The minimum atomic E-state index is 0.317. The number of fused-ring (bicyclic) bond motifs is 2. The summed E-state index contributed by atoms with van der Waals surface area (Å²) >= 11 is 12.3. The van der Waals surface area contributed by atoms with Gasteiger partial charge in [-0.2, -0.15) is 0 Å². The Bertz CT molecular complexity index is 458. The fourth-order valence-electron chi connectivity index (χ4n) is 3.06. The van der Waals surface area contributed by atoms with Crippen LogP contribution in [0.25, 0.3) is 0 Å². The summed E-state index contributed by atoms with van der Waals surface area (Å²) in [4.78, 5) is 13.9. The number of carbonyl (C=O) groups is 1. The summed E-state index contributed by atoms with van der Waals surface area (Å²) in [7, 11) is 0. The molecule has 2 aliphatic heterocycles. The second kappa shape index (κ2) is 4.18. The second-order valence-corrected chi connectivity index (χ2v) is 5.60. The molecule has 2 saturated heterocycles. The van der Waals surface area contributed by atoms with Crippen molar-refractivity contribution in [1.29, 1.82) is 0 Å².